The van der Waals surface area contributed by atoms with Gasteiger partial charge >= 0.3 is 0 Å². The van der Waals surface area contributed by atoms with Gasteiger partial charge in [-0.25, -0.2) is 15.0 Å². The van der Waals surface area contributed by atoms with Crippen molar-refractivity contribution in [3.8, 4) is 62.5 Å². The molecule has 0 N–H and O–H groups in total. The fourth-order valence-corrected chi connectivity index (χ4v) is 10.5. The third kappa shape index (κ3) is 5.88. The molecule has 2 aliphatic rings. The minimum absolute atomic E-state index is 0.0758. The molecule has 5 heteroatoms. The highest BCUT2D eigenvalue weighted by Gasteiger charge is 2.52. The first-order valence-electron chi connectivity index (χ1n) is 22.6. The molecule has 1 aliphatic carbocycles. The number of para-hydroxylation sites is 3. The first-order valence-corrected chi connectivity index (χ1v) is 22.6. The van der Waals surface area contributed by atoms with E-state index in [2.05, 4.69) is 192 Å². The Kier molecular flexibility index (Phi) is 8.51. The van der Waals surface area contributed by atoms with Crippen LogP contribution in [0.1, 0.15) is 74.9 Å². The van der Waals surface area contributed by atoms with Gasteiger partial charge in [-0.3, -0.25) is 0 Å². The summed E-state index contributed by atoms with van der Waals surface area (Å²) < 4.78 is 9.33. The van der Waals surface area contributed by atoms with Gasteiger partial charge in [0.25, 0.3) is 0 Å². The molecule has 0 radical (unpaired) electrons. The van der Waals surface area contributed by atoms with Crippen LogP contribution in [0.2, 0.25) is 0 Å². The molecule has 3 heterocycles. The highest BCUT2D eigenvalue weighted by molar-refractivity contribution is 6.16. The Bertz CT molecular complexity index is 3430. The van der Waals surface area contributed by atoms with E-state index in [1.54, 1.807) is 0 Å². The number of benzene rings is 8. The number of ether oxygens (including phenoxy) is 1. The highest BCUT2D eigenvalue weighted by Crippen LogP contribution is 2.64. The second-order valence-electron chi connectivity index (χ2n) is 19.6. The molecule has 65 heavy (non-hydrogen) atoms. The number of hydrogen-bond acceptors (Lipinski definition) is 4. The summed E-state index contributed by atoms with van der Waals surface area (Å²) in [5.41, 5.74) is 15.2. The molecule has 8 aromatic carbocycles. The predicted molar refractivity (Wildman–Crippen MR) is 265 cm³/mol. The quantitative estimate of drug-likeness (QED) is 0.177. The van der Waals surface area contributed by atoms with Crippen molar-refractivity contribution < 1.29 is 4.74 Å². The maximum atomic E-state index is 6.81. The topological polar surface area (TPSA) is 52.8 Å². The lowest BCUT2D eigenvalue weighted by molar-refractivity contribution is 0.436. The summed E-state index contributed by atoms with van der Waals surface area (Å²) in [4.78, 5) is 15.6. The lowest BCUT2D eigenvalue weighted by Crippen LogP contribution is -2.33. The van der Waals surface area contributed by atoms with Crippen LogP contribution in [0.4, 0.5) is 0 Å². The molecule has 10 aromatic rings. The van der Waals surface area contributed by atoms with Gasteiger partial charge in [0, 0.05) is 44.2 Å². The van der Waals surface area contributed by atoms with Gasteiger partial charge in [-0.15, -0.1) is 0 Å². The van der Waals surface area contributed by atoms with Crippen molar-refractivity contribution in [3.05, 3.63) is 215 Å². The summed E-state index contributed by atoms with van der Waals surface area (Å²) in [6.45, 7) is 13.9. The molecule has 0 amide bonds. The van der Waals surface area contributed by atoms with Gasteiger partial charge in [-0.2, -0.15) is 0 Å². The van der Waals surface area contributed by atoms with Gasteiger partial charge in [-0.1, -0.05) is 193 Å². The van der Waals surface area contributed by atoms with Gasteiger partial charge in [-0.05, 0) is 69.0 Å². The van der Waals surface area contributed by atoms with Crippen LogP contribution in [0.5, 0.6) is 11.5 Å². The molecule has 1 spiro atoms. The van der Waals surface area contributed by atoms with Gasteiger partial charge in [0.2, 0.25) is 0 Å². The zero-order valence-corrected chi connectivity index (χ0v) is 37.5. The summed E-state index contributed by atoms with van der Waals surface area (Å²) in [5.74, 6) is 3.68. The van der Waals surface area contributed by atoms with Crippen molar-refractivity contribution in [2.75, 3.05) is 0 Å². The molecular weight excluding hydrogens is 793 g/mol. The van der Waals surface area contributed by atoms with Gasteiger partial charge in [0.15, 0.2) is 17.5 Å². The summed E-state index contributed by atoms with van der Waals surface area (Å²) in [7, 11) is 0. The molecule has 0 saturated carbocycles. The molecule has 0 fully saturated rings. The predicted octanol–water partition coefficient (Wildman–Crippen LogP) is 15.0. The van der Waals surface area contributed by atoms with Crippen LogP contribution in [0, 0.1) is 0 Å². The van der Waals surface area contributed by atoms with Crippen molar-refractivity contribution >= 4 is 21.8 Å². The van der Waals surface area contributed by atoms with Gasteiger partial charge in [0.1, 0.15) is 11.5 Å². The van der Waals surface area contributed by atoms with E-state index < -0.39 is 5.41 Å². The standard InChI is InChI=1S/C60H48N4O/c1-58(2,3)39-32-33-41-46(34-39)60(44-26-14-17-30-51(44)65-52-31-18-15-27-45(52)60)47-35-40(59(4,5)6)36-50(54(41)47)64-48-28-16-13-24-42(48)53-43(25-19-29-49(53)64)57-62-55(37-20-9-7-10-21-37)61-56(63-57)38-22-11-8-12-23-38/h7-36H,1-6H3. The Morgan fingerprint density at radius 1 is 0.431 bits per heavy atom. The van der Waals surface area contributed by atoms with E-state index >= 15 is 0 Å². The van der Waals surface area contributed by atoms with E-state index in [0.717, 1.165) is 66.8 Å². The third-order valence-electron chi connectivity index (χ3n) is 13.6. The summed E-state index contributed by atoms with van der Waals surface area (Å²) >= 11 is 0. The molecule has 1 aliphatic heterocycles. The average molecular weight is 841 g/mol. The average Bonchev–Trinajstić information content (AvgIpc) is 3.82. The largest absolute Gasteiger partial charge is 0.457 e. The van der Waals surface area contributed by atoms with Crippen LogP contribution in [-0.4, -0.2) is 19.5 Å². The van der Waals surface area contributed by atoms with Crippen LogP contribution >= 0.6 is 0 Å². The Labute approximate surface area is 380 Å². The monoisotopic (exact) mass is 840 g/mol. The number of fused-ring (bicyclic) bond motifs is 12. The summed E-state index contributed by atoms with van der Waals surface area (Å²) in [6.07, 6.45) is 0. The van der Waals surface area contributed by atoms with Crippen LogP contribution in [0.3, 0.4) is 0 Å². The van der Waals surface area contributed by atoms with Crippen molar-refractivity contribution in [2.24, 2.45) is 0 Å². The van der Waals surface area contributed by atoms with Crippen molar-refractivity contribution in [2.45, 2.75) is 57.8 Å². The van der Waals surface area contributed by atoms with Crippen LogP contribution in [0.15, 0.2) is 182 Å². The summed E-state index contributed by atoms with van der Waals surface area (Å²) in [6, 6.07) is 65.4. The SMILES string of the molecule is CC(C)(C)c1ccc2c(c1)C1(c3ccccc3Oc3ccccc31)c1cc(C(C)(C)C)cc(-n3c4ccccc4c4c(-c5nc(-c6ccccc6)nc(-c6ccccc6)n5)cccc43)c1-2. The lowest BCUT2D eigenvalue weighted by Gasteiger charge is -2.40. The normalized spacial score (nSPS) is 13.6. The number of nitrogens with zero attached hydrogens (tertiary/aromatic N) is 4. The van der Waals surface area contributed by atoms with Crippen molar-refractivity contribution in [1.29, 1.82) is 0 Å². The van der Waals surface area contributed by atoms with E-state index in [1.165, 1.54) is 33.4 Å². The van der Waals surface area contributed by atoms with E-state index in [0.29, 0.717) is 17.5 Å². The van der Waals surface area contributed by atoms with E-state index in [1.807, 2.05) is 36.4 Å². The Hall–Kier alpha value is -7.63. The molecule has 314 valence electrons. The lowest BCUT2D eigenvalue weighted by atomic mass is 9.65. The second kappa shape index (κ2) is 14.2. The maximum Gasteiger partial charge on any atom is 0.164 e. The smallest absolute Gasteiger partial charge is 0.164 e. The minimum atomic E-state index is -0.649. The molecule has 12 rings (SSSR count). The zero-order valence-electron chi connectivity index (χ0n) is 37.5. The highest BCUT2D eigenvalue weighted by atomic mass is 16.5. The van der Waals surface area contributed by atoms with E-state index in [-0.39, 0.29) is 10.8 Å². The Balaban J connectivity index is 1.21. The zero-order chi connectivity index (χ0) is 44.2. The molecular formula is C60H48N4O. The molecule has 0 saturated heterocycles. The van der Waals surface area contributed by atoms with Crippen LogP contribution < -0.4 is 4.74 Å². The first kappa shape index (κ1) is 39.0. The fourth-order valence-electron chi connectivity index (χ4n) is 10.5. The number of rotatable bonds is 4. The van der Waals surface area contributed by atoms with Crippen LogP contribution in [-0.2, 0) is 16.2 Å². The minimum Gasteiger partial charge on any atom is -0.457 e. The molecule has 0 unspecified atom stereocenters. The molecule has 2 aromatic heterocycles. The second-order valence-corrected chi connectivity index (χ2v) is 19.6. The summed E-state index contributed by atoms with van der Waals surface area (Å²) in [5, 5.41) is 2.23. The fraction of sp³-hybridized carbons (Fsp3) is 0.150. The van der Waals surface area contributed by atoms with Crippen molar-refractivity contribution in [3.63, 3.8) is 0 Å². The number of hydrogen-bond donors (Lipinski definition) is 0. The Morgan fingerprint density at radius 3 is 1.60 bits per heavy atom. The molecule has 0 atom stereocenters. The van der Waals surface area contributed by atoms with Gasteiger partial charge in [0.05, 0.1) is 22.1 Å². The van der Waals surface area contributed by atoms with Gasteiger partial charge < -0.3 is 9.30 Å². The number of aromatic nitrogens is 4. The Morgan fingerprint density at radius 2 is 0.969 bits per heavy atom. The van der Waals surface area contributed by atoms with Crippen molar-refractivity contribution in [1.82, 2.24) is 19.5 Å². The first-order chi connectivity index (χ1) is 31.5. The molecule has 0 bridgehead atoms. The van der Waals surface area contributed by atoms with E-state index in [4.69, 9.17) is 19.7 Å². The van der Waals surface area contributed by atoms with E-state index in [9.17, 15) is 0 Å². The molecule has 5 nitrogen and oxygen atoms in total. The van der Waals surface area contributed by atoms with Crippen LogP contribution in [0.25, 0.3) is 72.8 Å². The maximum absolute atomic E-state index is 6.81. The third-order valence-corrected chi connectivity index (χ3v) is 13.6.